The number of rotatable bonds is 10. The highest BCUT2D eigenvalue weighted by molar-refractivity contribution is 6.13. The molecule has 0 N–H and O–H groups in total. The van der Waals surface area contributed by atoms with Gasteiger partial charge < -0.3 is 13.7 Å². The van der Waals surface area contributed by atoms with E-state index >= 15 is 0 Å². The molecule has 4 heterocycles. The van der Waals surface area contributed by atoms with Gasteiger partial charge in [-0.05, 0) is 146 Å². The van der Waals surface area contributed by atoms with Crippen molar-refractivity contribution in [3.8, 4) is 73.2 Å². The molecule has 0 aliphatic rings. The van der Waals surface area contributed by atoms with Crippen LogP contribution < -0.4 is 0 Å². The second-order valence-corrected chi connectivity index (χ2v) is 20.8. The van der Waals surface area contributed by atoms with Crippen LogP contribution in [0, 0.1) is 20.8 Å². The number of hydrogen-bond donors (Lipinski definition) is 0. The molecule has 14 aromatic rings. The molecule has 10 aromatic carbocycles. The van der Waals surface area contributed by atoms with Gasteiger partial charge in [0.25, 0.3) is 0 Å². The highest BCUT2D eigenvalue weighted by Crippen LogP contribution is 2.41. The standard InChI is InChI=1S/C74H55N5/c1-6-16-68-58(7-2)61-21-12-14-23-69(61)78(68)56-38-41-72-64(44-56)65-45-57(79-70-24-15-13-22-62(70)63-43-47(3)25-40-71(63)79)39-42-73(65)77(72)55-36-34-53(35-37-55)51-28-26-50(27-29-51)52-30-32-54(33-31-52)66-46-67(59-19-10-8-17-48(59)4)76-74(75-66)60-20-11-9-18-49(60)5/h6-46H,2H2,1,3-5H3/b16-6-. The van der Waals surface area contributed by atoms with Crippen molar-refractivity contribution in [1.82, 2.24) is 23.7 Å². The predicted molar refractivity (Wildman–Crippen MR) is 334 cm³/mol. The molecule has 14 rings (SSSR count). The molecule has 4 aromatic heterocycles. The molecule has 0 spiro atoms. The lowest BCUT2D eigenvalue weighted by Crippen LogP contribution is -1.98. The smallest absolute Gasteiger partial charge is 0.160 e. The summed E-state index contributed by atoms with van der Waals surface area (Å²) in [6.45, 7) is 12.8. The lowest BCUT2D eigenvalue weighted by Gasteiger charge is -2.13. The monoisotopic (exact) mass is 1010 g/mol. The van der Waals surface area contributed by atoms with Gasteiger partial charge in [0.1, 0.15) is 0 Å². The predicted octanol–water partition coefficient (Wildman–Crippen LogP) is 19.6. The molecule has 0 saturated carbocycles. The first kappa shape index (κ1) is 47.4. The summed E-state index contributed by atoms with van der Waals surface area (Å²) in [5.74, 6) is 0.731. The molecular formula is C74H55N5. The maximum absolute atomic E-state index is 5.14. The first-order chi connectivity index (χ1) is 38.8. The quantitative estimate of drug-likeness (QED) is 0.137. The summed E-state index contributed by atoms with van der Waals surface area (Å²) in [6, 6.07) is 83.7. The topological polar surface area (TPSA) is 40.6 Å². The maximum atomic E-state index is 5.14. The third kappa shape index (κ3) is 8.01. The molecule has 0 radical (unpaired) electrons. The molecule has 0 fully saturated rings. The van der Waals surface area contributed by atoms with Gasteiger partial charge in [0.2, 0.25) is 0 Å². The first-order valence-electron chi connectivity index (χ1n) is 27.1. The number of allylic oxidation sites excluding steroid dienone is 1. The van der Waals surface area contributed by atoms with Crippen LogP contribution in [0.1, 0.15) is 34.9 Å². The van der Waals surface area contributed by atoms with Crippen molar-refractivity contribution in [3.63, 3.8) is 0 Å². The summed E-state index contributed by atoms with van der Waals surface area (Å²) in [7, 11) is 0. The summed E-state index contributed by atoms with van der Waals surface area (Å²) in [4.78, 5) is 10.2. The van der Waals surface area contributed by atoms with Crippen LogP contribution in [-0.4, -0.2) is 23.7 Å². The van der Waals surface area contributed by atoms with Gasteiger partial charge in [-0.3, -0.25) is 0 Å². The van der Waals surface area contributed by atoms with E-state index in [0.717, 1.165) is 107 Å². The van der Waals surface area contributed by atoms with Gasteiger partial charge in [0.05, 0.1) is 44.7 Å². The lowest BCUT2D eigenvalue weighted by molar-refractivity contribution is 1.11. The molecule has 0 aliphatic heterocycles. The molecule has 0 atom stereocenters. The van der Waals surface area contributed by atoms with Crippen molar-refractivity contribution in [1.29, 1.82) is 0 Å². The summed E-state index contributed by atoms with van der Waals surface area (Å²) >= 11 is 0. The van der Waals surface area contributed by atoms with Gasteiger partial charge in [-0.15, -0.1) is 0 Å². The van der Waals surface area contributed by atoms with Crippen LogP contribution in [0.3, 0.4) is 0 Å². The Bertz CT molecular complexity index is 4690. The number of aromatic nitrogens is 5. The Hall–Kier alpha value is -10.1. The van der Waals surface area contributed by atoms with E-state index in [-0.39, 0.29) is 0 Å². The van der Waals surface area contributed by atoms with Crippen molar-refractivity contribution in [2.24, 2.45) is 0 Å². The fourth-order valence-electron chi connectivity index (χ4n) is 12.0. The third-order valence-corrected chi connectivity index (χ3v) is 15.9. The van der Waals surface area contributed by atoms with Crippen LogP contribution in [0.4, 0.5) is 0 Å². The van der Waals surface area contributed by atoms with E-state index < -0.39 is 0 Å². The van der Waals surface area contributed by atoms with E-state index in [4.69, 9.17) is 9.97 Å². The summed E-state index contributed by atoms with van der Waals surface area (Å²) in [5.41, 5.74) is 24.6. The van der Waals surface area contributed by atoms with Gasteiger partial charge in [-0.2, -0.15) is 0 Å². The number of aryl methyl sites for hydroxylation is 3. The van der Waals surface area contributed by atoms with Gasteiger partial charge in [-0.25, -0.2) is 9.97 Å². The Labute approximate surface area is 460 Å². The fourth-order valence-corrected chi connectivity index (χ4v) is 12.0. The first-order valence-corrected chi connectivity index (χ1v) is 27.1. The van der Waals surface area contributed by atoms with Gasteiger partial charge in [-0.1, -0.05) is 176 Å². The van der Waals surface area contributed by atoms with Crippen molar-refractivity contribution in [2.45, 2.75) is 27.7 Å². The Morgan fingerprint density at radius 2 is 0.810 bits per heavy atom. The van der Waals surface area contributed by atoms with E-state index in [9.17, 15) is 0 Å². The average molecular weight is 1010 g/mol. The summed E-state index contributed by atoms with van der Waals surface area (Å²) < 4.78 is 7.23. The Kier molecular flexibility index (Phi) is 11.5. The fraction of sp³-hybridized carbons (Fsp3) is 0.0541. The van der Waals surface area contributed by atoms with Crippen molar-refractivity contribution < 1.29 is 0 Å². The SMILES string of the molecule is C=Cc1c(/C=C\C)n(-c2ccc3c(c2)c2cc(-n4c5ccccc5c5cc(C)ccc54)ccc2n3-c2ccc(-c3ccc(-c4ccc(-c5cc(-c6ccccc6C)nc(-c6ccccc6C)n5)cc4)cc3)cc2)c2ccccc12. The van der Waals surface area contributed by atoms with Crippen molar-refractivity contribution in [2.75, 3.05) is 0 Å². The normalized spacial score (nSPS) is 11.8. The van der Waals surface area contributed by atoms with Crippen LogP contribution in [0.15, 0.2) is 243 Å². The zero-order chi connectivity index (χ0) is 53.3. The van der Waals surface area contributed by atoms with E-state index in [1.54, 1.807) is 0 Å². The van der Waals surface area contributed by atoms with E-state index in [1.807, 2.05) is 6.08 Å². The number of para-hydroxylation sites is 2. The second-order valence-electron chi connectivity index (χ2n) is 20.8. The highest BCUT2D eigenvalue weighted by atomic mass is 15.0. The minimum atomic E-state index is 0.731. The van der Waals surface area contributed by atoms with Gasteiger partial charge >= 0.3 is 0 Å². The Morgan fingerprint density at radius 3 is 1.41 bits per heavy atom. The molecule has 79 heavy (non-hydrogen) atoms. The lowest BCUT2D eigenvalue weighted by atomic mass is 9.98. The minimum absolute atomic E-state index is 0.731. The highest BCUT2D eigenvalue weighted by Gasteiger charge is 2.21. The molecule has 376 valence electrons. The van der Waals surface area contributed by atoms with Gasteiger partial charge in [0, 0.05) is 66.2 Å². The molecule has 5 nitrogen and oxygen atoms in total. The third-order valence-electron chi connectivity index (χ3n) is 15.9. The zero-order valence-electron chi connectivity index (χ0n) is 44.6. The number of fused-ring (bicyclic) bond motifs is 7. The molecule has 0 unspecified atom stereocenters. The van der Waals surface area contributed by atoms with E-state index in [2.05, 4.69) is 291 Å². The van der Waals surface area contributed by atoms with Crippen LogP contribution in [0.2, 0.25) is 0 Å². The van der Waals surface area contributed by atoms with Crippen LogP contribution in [0.5, 0.6) is 0 Å². The van der Waals surface area contributed by atoms with Crippen molar-refractivity contribution >= 4 is 66.7 Å². The second kappa shape index (κ2) is 19.2. The largest absolute Gasteiger partial charge is 0.309 e. The molecule has 0 saturated heterocycles. The Morgan fingerprint density at radius 1 is 0.367 bits per heavy atom. The molecule has 0 amide bonds. The molecule has 5 heteroatoms. The minimum Gasteiger partial charge on any atom is -0.309 e. The molecule has 0 aliphatic carbocycles. The molecule has 0 bridgehead atoms. The molecular weight excluding hydrogens is 959 g/mol. The van der Waals surface area contributed by atoms with Gasteiger partial charge in [0.15, 0.2) is 5.82 Å². The van der Waals surface area contributed by atoms with E-state index in [0.29, 0.717) is 0 Å². The van der Waals surface area contributed by atoms with Crippen LogP contribution in [0.25, 0.3) is 140 Å². The average Bonchev–Trinajstić information content (AvgIpc) is 4.34. The maximum Gasteiger partial charge on any atom is 0.160 e. The van der Waals surface area contributed by atoms with E-state index in [1.165, 1.54) is 49.1 Å². The number of benzene rings is 10. The van der Waals surface area contributed by atoms with Crippen LogP contribution in [-0.2, 0) is 0 Å². The summed E-state index contributed by atoms with van der Waals surface area (Å²) in [6.07, 6.45) is 6.30. The van der Waals surface area contributed by atoms with Crippen LogP contribution >= 0.6 is 0 Å². The number of nitrogens with zero attached hydrogens (tertiary/aromatic N) is 5. The Balaban J connectivity index is 0.828. The van der Waals surface area contributed by atoms with Crippen molar-refractivity contribution in [3.05, 3.63) is 271 Å². The zero-order valence-corrected chi connectivity index (χ0v) is 44.6. The summed E-state index contributed by atoms with van der Waals surface area (Å²) in [5, 5.41) is 6.06. The number of hydrogen-bond acceptors (Lipinski definition) is 2.